The molecule has 4 rings (SSSR count). The van der Waals surface area contributed by atoms with Gasteiger partial charge in [0.05, 0.1) is 30.0 Å². The molecule has 0 fully saturated rings. The second-order valence-corrected chi connectivity index (χ2v) is 5.55. The molecule has 0 aliphatic heterocycles. The molecular weight excluding hydrogens is 328 g/mol. The van der Waals surface area contributed by atoms with Gasteiger partial charge in [-0.25, -0.2) is 18.4 Å². The summed E-state index contributed by atoms with van der Waals surface area (Å²) in [4.78, 5) is 8.68. The lowest BCUT2D eigenvalue weighted by molar-refractivity contribution is 0.506. The summed E-state index contributed by atoms with van der Waals surface area (Å²) in [5.41, 5.74) is 1.93. The molecule has 3 heterocycles. The average Bonchev–Trinajstić information content (AvgIpc) is 3.17. The normalized spacial score (nSPS) is 11.2. The Labute approximate surface area is 140 Å². The Morgan fingerprint density at radius 3 is 2.72 bits per heavy atom. The zero-order valence-corrected chi connectivity index (χ0v) is 13.2. The van der Waals surface area contributed by atoms with Gasteiger partial charge in [-0.2, -0.15) is 15.2 Å². The van der Waals surface area contributed by atoms with Crippen LogP contribution in [0.2, 0.25) is 0 Å². The minimum absolute atomic E-state index is 0.268. The molecule has 0 atom stereocenters. The summed E-state index contributed by atoms with van der Waals surface area (Å²) < 4.78 is 29.7. The molecule has 0 saturated heterocycles. The van der Waals surface area contributed by atoms with Gasteiger partial charge in [0.1, 0.15) is 0 Å². The molecule has 7 nitrogen and oxygen atoms in total. The van der Waals surface area contributed by atoms with E-state index in [-0.39, 0.29) is 6.54 Å². The minimum Gasteiger partial charge on any atom is -0.321 e. The minimum atomic E-state index is -0.887. The molecule has 4 aromatic rings. The Balaban J connectivity index is 1.65. The molecule has 0 spiro atoms. The third kappa shape index (κ3) is 3.03. The van der Waals surface area contributed by atoms with Crippen LogP contribution >= 0.6 is 0 Å². The Hall–Kier alpha value is -3.36. The van der Waals surface area contributed by atoms with Crippen molar-refractivity contribution in [2.45, 2.75) is 6.54 Å². The molecule has 1 N–H and O–H groups in total. The van der Waals surface area contributed by atoms with Crippen molar-refractivity contribution in [1.29, 1.82) is 0 Å². The van der Waals surface area contributed by atoms with Crippen LogP contribution in [0, 0.1) is 11.6 Å². The second kappa shape index (κ2) is 5.93. The lowest BCUT2D eigenvalue weighted by Crippen LogP contribution is -2.05. The number of nitrogens with one attached hydrogen (secondary N) is 1. The number of halogens is 2. The van der Waals surface area contributed by atoms with Crippen molar-refractivity contribution in [2.75, 3.05) is 5.32 Å². The first-order valence-electron chi connectivity index (χ1n) is 7.46. The van der Waals surface area contributed by atoms with E-state index in [1.54, 1.807) is 34.2 Å². The molecule has 0 aliphatic carbocycles. The highest BCUT2D eigenvalue weighted by Crippen LogP contribution is 2.17. The van der Waals surface area contributed by atoms with Crippen LogP contribution in [-0.4, -0.2) is 29.5 Å². The third-order valence-corrected chi connectivity index (χ3v) is 3.65. The lowest BCUT2D eigenvalue weighted by atomic mass is 10.2. The number of hydrogen-bond acceptors (Lipinski definition) is 5. The highest BCUT2D eigenvalue weighted by atomic mass is 19.2. The van der Waals surface area contributed by atoms with E-state index in [4.69, 9.17) is 0 Å². The molecule has 3 aromatic heterocycles. The molecule has 0 unspecified atom stereocenters. The molecular formula is C16H13F2N7. The van der Waals surface area contributed by atoms with E-state index in [0.717, 1.165) is 23.2 Å². The fourth-order valence-electron chi connectivity index (χ4n) is 2.47. The predicted octanol–water partition coefficient (Wildman–Crippen LogP) is 2.63. The summed E-state index contributed by atoms with van der Waals surface area (Å²) in [6, 6.07) is 3.77. The summed E-state index contributed by atoms with van der Waals surface area (Å²) in [7, 11) is 1.81. The maximum absolute atomic E-state index is 13.4. The van der Waals surface area contributed by atoms with Gasteiger partial charge in [-0.05, 0) is 17.7 Å². The first kappa shape index (κ1) is 15.2. The van der Waals surface area contributed by atoms with Crippen LogP contribution in [0.15, 0.2) is 43.0 Å². The van der Waals surface area contributed by atoms with E-state index < -0.39 is 11.6 Å². The van der Waals surface area contributed by atoms with Gasteiger partial charge in [0.25, 0.3) is 0 Å². The van der Waals surface area contributed by atoms with Crippen molar-refractivity contribution in [3.63, 3.8) is 0 Å². The van der Waals surface area contributed by atoms with Gasteiger partial charge in [0.15, 0.2) is 17.3 Å². The van der Waals surface area contributed by atoms with E-state index >= 15 is 0 Å². The largest absolute Gasteiger partial charge is 0.321 e. The number of fused-ring (bicyclic) bond motifs is 1. The molecule has 126 valence electrons. The highest BCUT2D eigenvalue weighted by molar-refractivity contribution is 5.75. The van der Waals surface area contributed by atoms with Gasteiger partial charge in [-0.15, -0.1) is 0 Å². The third-order valence-electron chi connectivity index (χ3n) is 3.65. The molecule has 1 aromatic carbocycles. The maximum Gasteiger partial charge on any atom is 0.229 e. The van der Waals surface area contributed by atoms with E-state index in [0.29, 0.717) is 17.2 Å². The van der Waals surface area contributed by atoms with Crippen molar-refractivity contribution in [3.8, 4) is 0 Å². The predicted molar refractivity (Wildman–Crippen MR) is 87.3 cm³/mol. The fourth-order valence-corrected chi connectivity index (χ4v) is 2.47. The average molecular weight is 341 g/mol. The molecule has 0 radical (unpaired) electrons. The number of rotatable bonds is 4. The van der Waals surface area contributed by atoms with Gasteiger partial charge in [-0.3, -0.25) is 4.68 Å². The molecule has 9 heteroatoms. The Kier molecular flexibility index (Phi) is 3.60. The quantitative estimate of drug-likeness (QED) is 0.618. The van der Waals surface area contributed by atoms with E-state index in [2.05, 4.69) is 25.5 Å². The smallest absolute Gasteiger partial charge is 0.229 e. The van der Waals surface area contributed by atoms with Crippen molar-refractivity contribution >= 4 is 22.7 Å². The van der Waals surface area contributed by atoms with Crippen LogP contribution in [0.25, 0.3) is 11.0 Å². The summed E-state index contributed by atoms with van der Waals surface area (Å²) in [5, 5.41) is 12.1. The number of aryl methyl sites for hydroxylation is 1. The standard InChI is InChI=1S/C16H13F2N7/c1-24-9-12(7-20-24)22-16-19-5-11-6-21-25(15(11)23-16)8-10-2-3-13(17)14(18)4-10/h2-7,9H,8H2,1H3,(H,19,22,23). The topological polar surface area (TPSA) is 73.5 Å². The zero-order chi connectivity index (χ0) is 17.4. The van der Waals surface area contributed by atoms with Gasteiger partial charge in [0, 0.05) is 19.4 Å². The monoisotopic (exact) mass is 341 g/mol. The Morgan fingerprint density at radius 1 is 1.08 bits per heavy atom. The SMILES string of the molecule is Cn1cc(Nc2ncc3cnn(Cc4ccc(F)c(F)c4)c3n2)cn1. The van der Waals surface area contributed by atoms with Crippen LogP contribution in [0.4, 0.5) is 20.4 Å². The van der Waals surface area contributed by atoms with Crippen molar-refractivity contribution in [1.82, 2.24) is 29.5 Å². The highest BCUT2D eigenvalue weighted by Gasteiger charge is 2.10. The fraction of sp³-hybridized carbons (Fsp3) is 0.125. The van der Waals surface area contributed by atoms with Crippen molar-refractivity contribution in [3.05, 3.63) is 60.2 Å². The number of benzene rings is 1. The maximum atomic E-state index is 13.4. The van der Waals surface area contributed by atoms with Gasteiger partial charge >= 0.3 is 0 Å². The Morgan fingerprint density at radius 2 is 1.96 bits per heavy atom. The van der Waals surface area contributed by atoms with Gasteiger partial charge < -0.3 is 5.32 Å². The molecule has 0 aliphatic rings. The molecule has 25 heavy (non-hydrogen) atoms. The van der Waals surface area contributed by atoms with Crippen molar-refractivity contribution < 1.29 is 8.78 Å². The number of hydrogen-bond donors (Lipinski definition) is 1. The summed E-state index contributed by atoms with van der Waals surface area (Å²) in [6.07, 6.45) is 6.73. The first-order valence-corrected chi connectivity index (χ1v) is 7.46. The lowest BCUT2D eigenvalue weighted by Gasteiger charge is -2.05. The number of nitrogens with zero attached hydrogens (tertiary/aromatic N) is 6. The van der Waals surface area contributed by atoms with Crippen LogP contribution < -0.4 is 5.32 Å². The number of anilines is 2. The van der Waals surface area contributed by atoms with Crippen LogP contribution in [0.1, 0.15) is 5.56 Å². The van der Waals surface area contributed by atoms with Gasteiger partial charge in [-0.1, -0.05) is 6.07 Å². The van der Waals surface area contributed by atoms with Gasteiger partial charge in [0.2, 0.25) is 5.95 Å². The van der Waals surface area contributed by atoms with E-state index in [9.17, 15) is 8.78 Å². The van der Waals surface area contributed by atoms with Crippen molar-refractivity contribution in [2.24, 2.45) is 7.05 Å². The van der Waals surface area contributed by atoms with E-state index in [1.165, 1.54) is 6.07 Å². The Bertz CT molecular complexity index is 1050. The first-order chi connectivity index (χ1) is 12.1. The zero-order valence-electron chi connectivity index (χ0n) is 13.2. The molecule has 0 amide bonds. The van der Waals surface area contributed by atoms with Crippen LogP contribution in [-0.2, 0) is 13.6 Å². The van der Waals surface area contributed by atoms with Crippen LogP contribution in [0.3, 0.4) is 0 Å². The second-order valence-electron chi connectivity index (χ2n) is 5.55. The van der Waals surface area contributed by atoms with E-state index in [1.807, 2.05) is 7.05 Å². The summed E-state index contributed by atoms with van der Waals surface area (Å²) >= 11 is 0. The molecule has 0 bridgehead atoms. The summed E-state index contributed by atoms with van der Waals surface area (Å²) in [5.74, 6) is -1.37. The molecule has 0 saturated carbocycles. The number of aromatic nitrogens is 6. The van der Waals surface area contributed by atoms with Crippen LogP contribution in [0.5, 0.6) is 0 Å². The summed E-state index contributed by atoms with van der Waals surface area (Å²) in [6.45, 7) is 0.268.